The van der Waals surface area contributed by atoms with E-state index in [1.807, 2.05) is 38.1 Å². The number of nitrogens with zero attached hydrogens (tertiary/aromatic N) is 1. The second kappa shape index (κ2) is 9.36. The zero-order valence-corrected chi connectivity index (χ0v) is 20.1. The molecule has 184 valence electrons. The first-order chi connectivity index (χ1) is 16.8. The molecule has 2 amide bonds. The fraction of sp³-hybridized carbons (Fsp3) is 0.464. The fourth-order valence-corrected chi connectivity index (χ4v) is 5.89. The third kappa shape index (κ3) is 4.51. The van der Waals surface area contributed by atoms with Crippen LogP contribution in [0.3, 0.4) is 0 Å². The van der Waals surface area contributed by atoms with Gasteiger partial charge in [0, 0.05) is 31.5 Å². The van der Waals surface area contributed by atoms with Crippen molar-refractivity contribution in [1.82, 2.24) is 10.2 Å². The Hall–Kier alpha value is -3.35. The van der Waals surface area contributed by atoms with Crippen LogP contribution in [0.5, 0.6) is 0 Å². The molecule has 1 aliphatic heterocycles. The van der Waals surface area contributed by atoms with Gasteiger partial charge >= 0.3 is 12.1 Å². The van der Waals surface area contributed by atoms with Gasteiger partial charge in [0.05, 0.1) is 5.92 Å². The summed E-state index contributed by atoms with van der Waals surface area (Å²) in [6.07, 6.45) is 0.390. The highest BCUT2D eigenvalue weighted by Crippen LogP contribution is 2.51. The van der Waals surface area contributed by atoms with Crippen LogP contribution in [-0.4, -0.2) is 53.7 Å². The lowest BCUT2D eigenvalue weighted by atomic mass is 9.98. The van der Waals surface area contributed by atoms with Gasteiger partial charge < -0.3 is 20.1 Å². The first-order valence-electron chi connectivity index (χ1n) is 12.5. The van der Waals surface area contributed by atoms with Crippen LogP contribution in [0.1, 0.15) is 43.7 Å². The average Bonchev–Trinajstić information content (AvgIpc) is 3.49. The number of carbonyl (C=O) groups is 3. The number of aliphatic carboxylic acids is 1. The minimum Gasteiger partial charge on any atom is -0.481 e. The lowest BCUT2D eigenvalue weighted by Gasteiger charge is -2.29. The van der Waals surface area contributed by atoms with Crippen molar-refractivity contribution in [2.45, 2.75) is 38.6 Å². The zero-order chi connectivity index (χ0) is 24.7. The summed E-state index contributed by atoms with van der Waals surface area (Å²) >= 11 is 0. The zero-order valence-electron chi connectivity index (χ0n) is 20.1. The first-order valence-corrected chi connectivity index (χ1v) is 12.5. The van der Waals surface area contributed by atoms with Gasteiger partial charge in [0.2, 0.25) is 5.91 Å². The van der Waals surface area contributed by atoms with Gasteiger partial charge in [0.25, 0.3) is 0 Å². The molecule has 2 fully saturated rings. The third-order valence-electron chi connectivity index (χ3n) is 7.98. The molecular formula is C28H32N2O5. The van der Waals surface area contributed by atoms with Gasteiger partial charge in [0.1, 0.15) is 6.61 Å². The largest absolute Gasteiger partial charge is 0.481 e. The van der Waals surface area contributed by atoms with E-state index in [9.17, 15) is 19.5 Å². The Balaban J connectivity index is 1.17. The Labute approximate surface area is 205 Å². The number of amides is 2. The Kier molecular flexibility index (Phi) is 6.26. The molecule has 35 heavy (non-hydrogen) atoms. The fourth-order valence-electron chi connectivity index (χ4n) is 5.89. The molecule has 1 heterocycles. The standard InChI is InChI=1S/C28H32N2O5/c1-16(2)24(13-25(31)30-12-11-21-22(14-30)26(21)27(32)33)29-28(34)35-15-23-19-9-5-3-7-17(19)18-8-4-6-10-20(18)23/h3-10,16,21-24,26H,11-15H2,1-2H3,(H,29,34)(H,32,33). The molecule has 3 aliphatic rings. The van der Waals surface area contributed by atoms with Crippen LogP contribution in [0.4, 0.5) is 4.79 Å². The van der Waals surface area contributed by atoms with Gasteiger partial charge in [-0.1, -0.05) is 62.4 Å². The van der Waals surface area contributed by atoms with Gasteiger partial charge in [0.15, 0.2) is 0 Å². The molecule has 7 heteroatoms. The number of hydrogen-bond donors (Lipinski definition) is 2. The van der Waals surface area contributed by atoms with Crippen LogP contribution >= 0.6 is 0 Å². The third-order valence-corrected chi connectivity index (χ3v) is 7.98. The summed E-state index contributed by atoms with van der Waals surface area (Å²) < 4.78 is 5.67. The van der Waals surface area contributed by atoms with Crippen LogP contribution in [0.15, 0.2) is 48.5 Å². The molecule has 2 aliphatic carbocycles. The van der Waals surface area contributed by atoms with Gasteiger partial charge in [-0.05, 0) is 46.4 Å². The number of hydrogen-bond acceptors (Lipinski definition) is 4. The highest BCUT2D eigenvalue weighted by atomic mass is 16.5. The molecule has 0 spiro atoms. The van der Waals surface area contributed by atoms with Crippen molar-refractivity contribution in [2.24, 2.45) is 23.7 Å². The second-order valence-corrected chi connectivity index (χ2v) is 10.3. The maximum absolute atomic E-state index is 13.0. The summed E-state index contributed by atoms with van der Waals surface area (Å²) in [6, 6.07) is 16.0. The summed E-state index contributed by atoms with van der Waals surface area (Å²) in [7, 11) is 0. The van der Waals surface area contributed by atoms with E-state index in [1.165, 1.54) is 11.1 Å². The molecule has 2 aromatic carbocycles. The second-order valence-electron chi connectivity index (χ2n) is 10.3. The van der Waals surface area contributed by atoms with E-state index < -0.39 is 12.1 Å². The summed E-state index contributed by atoms with van der Waals surface area (Å²) in [6.45, 7) is 5.24. The Morgan fingerprint density at radius 3 is 2.26 bits per heavy atom. The van der Waals surface area contributed by atoms with Crippen LogP contribution in [0, 0.1) is 23.7 Å². The van der Waals surface area contributed by atoms with Gasteiger partial charge in [-0.15, -0.1) is 0 Å². The SMILES string of the molecule is CC(C)C(CC(=O)N1CCC2C(C1)C2C(=O)O)NC(=O)OCC1c2ccccc2-c2ccccc21. The normalized spacial score (nSPS) is 23.2. The van der Waals surface area contributed by atoms with Gasteiger partial charge in [-0.25, -0.2) is 4.79 Å². The van der Waals surface area contributed by atoms with Gasteiger partial charge in [-0.2, -0.15) is 0 Å². The molecule has 2 N–H and O–H groups in total. The van der Waals surface area contributed by atoms with E-state index in [4.69, 9.17) is 4.74 Å². The molecule has 5 rings (SSSR count). The predicted molar refractivity (Wildman–Crippen MR) is 131 cm³/mol. The molecule has 0 radical (unpaired) electrons. The van der Waals surface area contributed by atoms with Crippen molar-refractivity contribution >= 4 is 18.0 Å². The number of likely N-dealkylation sites (tertiary alicyclic amines) is 1. The average molecular weight is 477 g/mol. The molecule has 0 bridgehead atoms. The number of carboxylic acids is 1. The summed E-state index contributed by atoms with van der Waals surface area (Å²) in [5, 5.41) is 12.2. The van der Waals surface area contributed by atoms with E-state index >= 15 is 0 Å². The lowest BCUT2D eigenvalue weighted by molar-refractivity contribution is -0.139. The van der Waals surface area contributed by atoms with E-state index in [0.29, 0.717) is 13.1 Å². The van der Waals surface area contributed by atoms with Gasteiger partial charge in [-0.3, -0.25) is 9.59 Å². The highest BCUT2D eigenvalue weighted by Gasteiger charge is 2.57. The van der Waals surface area contributed by atoms with Crippen molar-refractivity contribution in [2.75, 3.05) is 19.7 Å². The molecule has 4 atom stereocenters. The maximum atomic E-state index is 13.0. The van der Waals surface area contributed by atoms with Crippen molar-refractivity contribution in [1.29, 1.82) is 0 Å². The summed E-state index contributed by atoms with van der Waals surface area (Å²) in [5.41, 5.74) is 4.65. The Bertz CT molecular complexity index is 1100. The Morgan fingerprint density at radius 2 is 1.66 bits per heavy atom. The number of ether oxygens (including phenoxy) is 1. The monoisotopic (exact) mass is 476 g/mol. The van der Waals surface area contributed by atoms with Crippen LogP contribution in [0.25, 0.3) is 11.1 Å². The van der Waals surface area contributed by atoms with Crippen LogP contribution in [-0.2, 0) is 14.3 Å². The number of carboxylic acid groups (broad SMARTS) is 1. The topological polar surface area (TPSA) is 95.9 Å². The van der Waals surface area contributed by atoms with Crippen molar-refractivity contribution in [3.63, 3.8) is 0 Å². The molecule has 1 saturated heterocycles. The molecule has 4 unspecified atom stereocenters. The highest BCUT2D eigenvalue weighted by molar-refractivity contribution is 5.80. The molecule has 0 aromatic heterocycles. The number of rotatable bonds is 7. The van der Waals surface area contributed by atoms with E-state index in [-0.39, 0.29) is 54.6 Å². The number of nitrogens with one attached hydrogen (secondary N) is 1. The Morgan fingerprint density at radius 1 is 1.03 bits per heavy atom. The quantitative estimate of drug-likeness (QED) is 0.627. The molecule has 7 nitrogen and oxygen atoms in total. The summed E-state index contributed by atoms with van der Waals surface area (Å²) in [5.74, 6) is -0.816. The van der Waals surface area contributed by atoms with Crippen molar-refractivity contribution in [3.8, 4) is 11.1 Å². The van der Waals surface area contributed by atoms with E-state index in [1.54, 1.807) is 4.90 Å². The number of benzene rings is 2. The van der Waals surface area contributed by atoms with Crippen LogP contribution < -0.4 is 5.32 Å². The predicted octanol–water partition coefficient (Wildman–Crippen LogP) is 4.12. The number of fused-ring (bicyclic) bond motifs is 4. The molecular weight excluding hydrogens is 444 g/mol. The van der Waals surface area contributed by atoms with Crippen molar-refractivity contribution in [3.05, 3.63) is 59.7 Å². The summed E-state index contributed by atoms with van der Waals surface area (Å²) in [4.78, 5) is 38.8. The smallest absolute Gasteiger partial charge is 0.407 e. The maximum Gasteiger partial charge on any atom is 0.407 e. The minimum absolute atomic E-state index is 0.0192. The number of piperidine rings is 1. The minimum atomic E-state index is -0.758. The lowest BCUT2D eigenvalue weighted by Crippen LogP contribution is -2.45. The molecule has 1 saturated carbocycles. The van der Waals surface area contributed by atoms with E-state index in [2.05, 4.69) is 29.6 Å². The van der Waals surface area contributed by atoms with Crippen LogP contribution in [0.2, 0.25) is 0 Å². The van der Waals surface area contributed by atoms with Crippen molar-refractivity contribution < 1.29 is 24.2 Å². The first kappa shape index (κ1) is 23.4. The molecule has 2 aromatic rings. The number of carbonyl (C=O) groups excluding carboxylic acids is 2. The number of alkyl carbamates (subject to hydrolysis) is 1. The van der Waals surface area contributed by atoms with E-state index in [0.717, 1.165) is 17.5 Å².